The Bertz CT molecular complexity index is 988. The van der Waals surface area contributed by atoms with E-state index in [0.29, 0.717) is 11.1 Å². The molecule has 32 heavy (non-hydrogen) atoms. The largest absolute Gasteiger partial charge is 0.444 e. The van der Waals surface area contributed by atoms with Crippen molar-refractivity contribution in [3.8, 4) is 11.1 Å². The maximum absolute atomic E-state index is 14.6. The number of fused-ring (bicyclic) bond motifs is 2. The maximum Gasteiger partial charge on any atom is 0.411 e. The molecule has 172 valence electrons. The van der Waals surface area contributed by atoms with Crippen LogP contribution < -0.4 is 11.1 Å². The second-order valence-electron chi connectivity index (χ2n) is 9.67. The Labute approximate surface area is 186 Å². The van der Waals surface area contributed by atoms with Gasteiger partial charge in [-0.25, -0.2) is 9.18 Å². The maximum atomic E-state index is 14.6. The van der Waals surface area contributed by atoms with Gasteiger partial charge in [0, 0.05) is 24.2 Å². The fraction of sp³-hybridized carbons (Fsp3) is 0.522. The number of rotatable bonds is 5. The van der Waals surface area contributed by atoms with Crippen LogP contribution >= 0.6 is 0 Å². The summed E-state index contributed by atoms with van der Waals surface area (Å²) in [6, 6.07) is 4.28. The first-order valence-electron chi connectivity index (χ1n) is 11.0. The van der Waals surface area contributed by atoms with Crippen molar-refractivity contribution < 1.29 is 18.7 Å². The molecule has 1 saturated heterocycles. The van der Waals surface area contributed by atoms with Gasteiger partial charge in [-0.15, -0.1) is 0 Å². The topological polar surface area (TPSA) is 113 Å². The van der Waals surface area contributed by atoms with Crippen molar-refractivity contribution in [2.24, 2.45) is 11.7 Å². The summed E-state index contributed by atoms with van der Waals surface area (Å²) >= 11 is 0. The number of nitrogens with one attached hydrogen (secondary N) is 2. The summed E-state index contributed by atoms with van der Waals surface area (Å²) in [6.07, 6.45) is 4.73. The van der Waals surface area contributed by atoms with Crippen LogP contribution in [0.2, 0.25) is 0 Å². The molecular weight excluding hydrogens is 413 g/mol. The Morgan fingerprint density at radius 1 is 1.34 bits per heavy atom. The summed E-state index contributed by atoms with van der Waals surface area (Å²) in [7, 11) is 0. The normalized spacial score (nSPS) is 23.3. The molecule has 1 aromatic heterocycles. The standard InChI is InChI=1S/C23H30FN5O3/c1-23(2,3)32-22(31)29-17-7-6-15(8-17)20(29)21(30)28-19(25)10-14-5-4-13(9-18(14)24)16-11-26-27-12-16/h4-5,9,11-12,15,17,19-20H,6-8,10,25H2,1-3H3,(H,26,27)(H,28,30)/t15-,17+,19-,20-/m0/s1. The monoisotopic (exact) mass is 443 g/mol. The first-order valence-corrected chi connectivity index (χ1v) is 11.0. The van der Waals surface area contributed by atoms with Gasteiger partial charge in [-0.1, -0.05) is 12.1 Å². The van der Waals surface area contributed by atoms with Gasteiger partial charge in [0.15, 0.2) is 0 Å². The van der Waals surface area contributed by atoms with E-state index in [1.54, 1.807) is 50.2 Å². The Balaban J connectivity index is 1.41. The van der Waals surface area contributed by atoms with Crippen molar-refractivity contribution in [1.29, 1.82) is 0 Å². The zero-order valence-electron chi connectivity index (χ0n) is 18.6. The highest BCUT2D eigenvalue weighted by atomic mass is 19.1. The molecule has 0 unspecified atom stereocenters. The SMILES string of the molecule is CC(C)(C)OC(=O)N1[C@@H]2CC[C@@H](C2)[C@H]1C(=O)N[C@H](N)Cc1ccc(-c2cn[nH]c2)cc1F. The van der Waals surface area contributed by atoms with E-state index in [0.717, 1.165) is 24.8 Å². The molecule has 8 nitrogen and oxygen atoms in total. The molecule has 0 radical (unpaired) electrons. The van der Waals surface area contributed by atoms with Gasteiger partial charge in [0.05, 0.1) is 12.4 Å². The Morgan fingerprint density at radius 3 is 2.78 bits per heavy atom. The highest BCUT2D eigenvalue weighted by Gasteiger charge is 2.52. The number of piperidine rings is 1. The number of aromatic amines is 1. The molecule has 1 aliphatic heterocycles. The Kier molecular flexibility index (Phi) is 5.94. The van der Waals surface area contributed by atoms with E-state index >= 15 is 0 Å². The van der Waals surface area contributed by atoms with E-state index in [2.05, 4.69) is 15.5 Å². The lowest BCUT2D eigenvalue weighted by molar-refractivity contribution is -0.128. The van der Waals surface area contributed by atoms with Gasteiger partial charge in [-0.05, 0) is 63.1 Å². The van der Waals surface area contributed by atoms with Gasteiger partial charge in [0.25, 0.3) is 0 Å². The highest BCUT2D eigenvalue weighted by Crippen LogP contribution is 2.43. The summed E-state index contributed by atoms with van der Waals surface area (Å²) in [5.41, 5.74) is 7.40. The van der Waals surface area contributed by atoms with Crippen LogP contribution in [0.25, 0.3) is 11.1 Å². The third kappa shape index (κ3) is 4.62. The molecule has 4 N–H and O–H groups in total. The van der Waals surface area contributed by atoms with E-state index in [-0.39, 0.29) is 24.3 Å². The lowest BCUT2D eigenvalue weighted by Gasteiger charge is -2.36. The first kappa shape index (κ1) is 22.3. The number of carbonyl (C=O) groups is 2. The van der Waals surface area contributed by atoms with Crippen molar-refractivity contribution in [2.45, 2.75) is 70.3 Å². The van der Waals surface area contributed by atoms with Crippen LogP contribution in [-0.4, -0.2) is 50.9 Å². The lowest BCUT2D eigenvalue weighted by Crippen LogP contribution is -2.57. The van der Waals surface area contributed by atoms with E-state index in [1.807, 2.05) is 0 Å². The van der Waals surface area contributed by atoms with Crippen LogP contribution in [0.5, 0.6) is 0 Å². The molecular formula is C23H30FN5O3. The predicted octanol–water partition coefficient (Wildman–Crippen LogP) is 2.95. The number of nitrogens with zero attached hydrogens (tertiary/aromatic N) is 2. The van der Waals surface area contributed by atoms with Crippen LogP contribution in [-0.2, 0) is 16.0 Å². The van der Waals surface area contributed by atoms with Crippen LogP contribution in [0.15, 0.2) is 30.6 Å². The molecule has 2 amide bonds. The minimum Gasteiger partial charge on any atom is -0.444 e. The molecule has 2 aliphatic rings. The van der Waals surface area contributed by atoms with Crippen molar-refractivity contribution in [1.82, 2.24) is 20.4 Å². The molecule has 2 fully saturated rings. The third-order valence-electron chi connectivity index (χ3n) is 6.11. The van der Waals surface area contributed by atoms with E-state index in [9.17, 15) is 14.0 Å². The van der Waals surface area contributed by atoms with Gasteiger partial charge < -0.3 is 15.8 Å². The molecule has 9 heteroatoms. The molecule has 2 aromatic rings. The van der Waals surface area contributed by atoms with Gasteiger partial charge in [0.2, 0.25) is 5.91 Å². The molecule has 2 bridgehead atoms. The second-order valence-corrected chi connectivity index (χ2v) is 9.67. The van der Waals surface area contributed by atoms with Gasteiger partial charge >= 0.3 is 6.09 Å². The van der Waals surface area contributed by atoms with Crippen molar-refractivity contribution in [3.63, 3.8) is 0 Å². The molecule has 1 aromatic carbocycles. The number of amides is 2. The molecule has 4 rings (SSSR count). The minimum atomic E-state index is -0.781. The zero-order chi connectivity index (χ0) is 23.0. The molecule has 1 aliphatic carbocycles. The highest BCUT2D eigenvalue weighted by molar-refractivity contribution is 5.87. The summed E-state index contributed by atoms with van der Waals surface area (Å²) in [6.45, 7) is 5.41. The second kappa shape index (κ2) is 8.54. The number of hydrogen-bond donors (Lipinski definition) is 3. The van der Waals surface area contributed by atoms with Crippen LogP contribution in [0.1, 0.15) is 45.6 Å². The fourth-order valence-corrected chi connectivity index (χ4v) is 4.76. The third-order valence-corrected chi connectivity index (χ3v) is 6.11. The summed E-state index contributed by atoms with van der Waals surface area (Å²) < 4.78 is 20.2. The summed E-state index contributed by atoms with van der Waals surface area (Å²) in [5.74, 6) is -0.625. The van der Waals surface area contributed by atoms with Gasteiger partial charge in [0.1, 0.15) is 17.5 Å². The number of benzene rings is 1. The van der Waals surface area contributed by atoms with E-state index < -0.39 is 29.7 Å². The van der Waals surface area contributed by atoms with Crippen molar-refractivity contribution in [3.05, 3.63) is 42.0 Å². The van der Waals surface area contributed by atoms with Gasteiger partial charge in [-0.3, -0.25) is 14.8 Å². The first-order chi connectivity index (χ1) is 15.1. The van der Waals surface area contributed by atoms with Crippen LogP contribution in [0, 0.1) is 11.7 Å². The smallest absolute Gasteiger partial charge is 0.411 e. The number of H-pyrrole nitrogens is 1. The number of aromatic nitrogens is 2. The Morgan fingerprint density at radius 2 is 2.12 bits per heavy atom. The average Bonchev–Trinajstić information content (AvgIpc) is 3.45. The number of likely N-dealkylation sites (tertiary alicyclic amines) is 1. The number of hydrogen-bond acceptors (Lipinski definition) is 5. The van der Waals surface area contributed by atoms with Crippen LogP contribution in [0.4, 0.5) is 9.18 Å². The van der Waals surface area contributed by atoms with E-state index in [4.69, 9.17) is 10.5 Å². The quantitative estimate of drug-likeness (QED) is 0.615. The van der Waals surface area contributed by atoms with Gasteiger partial charge in [-0.2, -0.15) is 5.10 Å². The van der Waals surface area contributed by atoms with Crippen LogP contribution in [0.3, 0.4) is 0 Å². The summed E-state index contributed by atoms with van der Waals surface area (Å²) in [5, 5.41) is 9.35. The zero-order valence-corrected chi connectivity index (χ0v) is 18.6. The number of carbonyl (C=O) groups excluding carboxylic acids is 2. The number of nitrogens with two attached hydrogens (primary N) is 1. The number of ether oxygens (including phenoxy) is 1. The minimum absolute atomic E-state index is 0.00901. The van der Waals surface area contributed by atoms with Crippen molar-refractivity contribution >= 4 is 12.0 Å². The summed E-state index contributed by atoms with van der Waals surface area (Å²) in [4.78, 5) is 27.4. The lowest BCUT2D eigenvalue weighted by atomic mass is 9.97. The molecule has 2 heterocycles. The number of halogens is 1. The Hall–Kier alpha value is -2.94. The average molecular weight is 444 g/mol. The fourth-order valence-electron chi connectivity index (χ4n) is 4.76. The molecule has 4 atom stereocenters. The predicted molar refractivity (Wildman–Crippen MR) is 117 cm³/mol. The molecule has 1 saturated carbocycles. The van der Waals surface area contributed by atoms with E-state index in [1.165, 1.54) is 6.07 Å². The van der Waals surface area contributed by atoms with Crippen molar-refractivity contribution in [2.75, 3.05) is 0 Å². The molecule has 0 spiro atoms.